The van der Waals surface area contributed by atoms with Gasteiger partial charge in [-0.1, -0.05) is 23.2 Å². The molecule has 0 radical (unpaired) electrons. The molecule has 304 valence electrons. The van der Waals surface area contributed by atoms with Crippen LogP contribution in [0.15, 0.2) is 72.8 Å². The van der Waals surface area contributed by atoms with Crippen molar-refractivity contribution < 1.29 is 47.7 Å². The fourth-order valence-corrected chi connectivity index (χ4v) is 8.28. The van der Waals surface area contributed by atoms with E-state index in [4.69, 9.17) is 42.1 Å². The molecule has 5 heterocycles. The molecule has 16 nitrogen and oxygen atoms in total. The summed E-state index contributed by atoms with van der Waals surface area (Å²) in [6, 6.07) is 20.2. The molecule has 7 rings (SSSR count). The van der Waals surface area contributed by atoms with Gasteiger partial charge in [0.2, 0.25) is 5.91 Å². The Labute approximate surface area is 350 Å². The zero-order valence-corrected chi connectivity index (χ0v) is 33.7. The number of carbonyl (C=O) groups is 6. The number of benzene rings is 2. The molecule has 3 aliphatic rings. The number of rotatable bonds is 15. The van der Waals surface area contributed by atoms with Crippen LogP contribution in [0.25, 0.3) is 0 Å². The highest BCUT2D eigenvalue weighted by Crippen LogP contribution is 2.29. The summed E-state index contributed by atoms with van der Waals surface area (Å²) in [4.78, 5) is 83.1. The van der Waals surface area contributed by atoms with Crippen LogP contribution in [0.3, 0.4) is 0 Å². The number of nitrogens with one attached hydrogen (secondary N) is 2. The van der Waals surface area contributed by atoms with E-state index in [1.165, 1.54) is 14.7 Å². The fourth-order valence-electron chi connectivity index (χ4n) is 6.33. The Morgan fingerprint density at radius 1 is 0.741 bits per heavy atom. The lowest BCUT2D eigenvalue weighted by atomic mass is 10.2. The first-order valence-corrected chi connectivity index (χ1v) is 20.4. The number of morpholine rings is 1. The lowest BCUT2D eigenvalue weighted by molar-refractivity contribution is -0.126. The molecule has 3 saturated heterocycles. The largest absolute Gasteiger partial charge is 0.442 e. The van der Waals surface area contributed by atoms with Gasteiger partial charge < -0.3 is 39.4 Å². The second-order valence-electron chi connectivity index (χ2n) is 13.1. The van der Waals surface area contributed by atoms with Crippen LogP contribution < -0.4 is 30.2 Å². The normalized spacial score (nSPS) is 18.0. The van der Waals surface area contributed by atoms with Gasteiger partial charge in [-0.15, -0.1) is 22.7 Å². The number of carbonyl (C=O) groups excluding carboxylic acids is 6. The number of thiophene rings is 2. The van der Waals surface area contributed by atoms with Crippen molar-refractivity contribution >= 4 is 104 Å². The highest BCUT2D eigenvalue weighted by atomic mass is 35.5. The minimum atomic E-state index is -0.601. The van der Waals surface area contributed by atoms with Gasteiger partial charge in [0.25, 0.3) is 17.7 Å². The molecule has 0 bridgehead atoms. The molecular weight excluding hydrogens is 835 g/mol. The Morgan fingerprint density at radius 3 is 1.86 bits per heavy atom. The summed E-state index contributed by atoms with van der Waals surface area (Å²) >= 11 is 14.3. The summed E-state index contributed by atoms with van der Waals surface area (Å²) in [6.07, 6.45) is -2.31. The van der Waals surface area contributed by atoms with E-state index in [1.807, 2.05) is 0 Å². The maximum absolute atomic E-state index is 13.6. The Kier molecular flexibility index (Phi) is 13.1. The Bertz CT molecular complexity index is 2170. The molecule has 6 amide bonds. The third-order valence-electron chi connectivity index (χ3n) is 9.22. The Balaban J connectivity index is 0.883. The van der Waals surface area contributed by atoms with E-state index in [0.717, 1.165) is 22.7 Å². The number of ether oxygens (including phenoxy) is 4. The van der Waals surface area contributed by atoms with E-state index in [2.05, 4.69) is 10.6 Å². The summed E-state index contributed by atoms with van der Waals surface area (Å²) in [6.45, 7) is 1.28. The summed E-state index contributed by atoms with van der Waals surface area (Å²) in [5.74, 6) is -1.22. The number of hydrogen-bond donors (Lipinski definition) is 2. The summed E-state index contributed by atoms with van der Waals surface area (Å²) in [5.41, 5.74) is 2.34. The van der Waals surface area contributed by atoms with Crippen molar-refractivity contribution in [3.05, 3.63) is 91.2 Å². The van der Waals surface area contributed by atoms with Gasteiger partial charge in [-0.25, -0.2) is 9.59 Å². The molecule has 2 aromatic heterocycles. The first-order valence-electron chi connectivity index (χ1n) is 18.0. The maximum atomic E-state index is 13.6. The van der Waals surface area contributed by atoms with Crippen LogP contribution in [0.2, 0.25) is 8.67 Å². The van der Waals surface area contributed by atoms with Crippen molar-refractivity contribution in [3.8, 4) is 0 Å². The van der Waals surface area contributed by atoms with Crippen LogP contribution in [-0.4, -0.2) is 114 Å². The average Bonchev–Trinajstić information content (AvgIpc) is 4.03. The third-order valence-corrected chi connectivity index (χ3v) is 11.7. The molecule has 2 N–H and O–H groups in total. The Hall–Kier alpha value is -5.24. The monoisotopic (exact) mass is 870 g/mol. The van der Waals surface area contributed by atoms with E-state index in [9.17, 15) is 28.8 Å². The average molecular weight is 872 g/mol. The number of hydrogen-bond acceptors (Lipinski definition) is 12. The van der Waals surface area contributed by atoms with E-state index < -0.39 is 30.3 Å². The maximum Gasteiger partial charge on any atom is 0.414 e. The summed E-state index contributed by atoms with van der Waals surface area (Å²) < 4.78 is 22.7. The smallest absolute Gasteiger partial charge is 0.414 e. The minimum Gasteiger partial charge on any atom is -0.442 e. The SMILES string of the molecule is O=C(COCCN(C(=O)c1ccc(Cl)s1)c1ccc(N2CC(CNC(=O)c3ccc(Cl)s3)OC2=O)cc1)NCC1CN(c2ccc(N3CCOCC3=O)cc2)C(=O)O1. The number of anilines is 4. The van der Waals surface area contributed by atoms with E-state index in [1.54, 1.807) is 77.7 Å². The van der Waals surface area contributed by atoms with E-state index >= 15 is 0 Å². The second-order valence-corrected chi connectivity index (χ2v) is 16.5. The molecule has 58 heavy (non-hydrogen) atoms. The number of cyclic esters (lactones) is 2. The van der Waals surface area contributed by atoms with Gasteiger partial charge in [0.15, 0.2) is 0 Å². The number of nitrogens with zero attached hydrogens (tertiary/aromatic N) is 4. The molecule has 0 saturated carbocycles. The van der Waals surface area contributed by atoms with Gasteiger partial charge in [-0.3, -0.25) is 29.0 Å². The molecule has 20 heteroatoms. The first kappa shape index (κ1) is 40.9. The zero-order chi connectivity index (χ0) is 40.8. The zero-order valence-electron chi connectivity index (χ0n) is 30.6. The number of halogens is 2. The van der Waals surface area contributed by atoms with Crippen LogP contribution in [-0.2, 0) is 28.5 Å². The first-order chi connectivity index (χ1) is 28.0. The third kappa shape index (κ3) is 9.88. The highest BCUT2D eigenvalue weighted by Gasteiger charge is 2.34. The second kappa shape index (κ2) is 18.6. The van der Waals surface area contributed by atoms with Crippen molar-refractivity contribution in [1.82, 2.24) is 10.6 Å². The van der Waals surface area contributed by atoms with Gasteiger partial charge in [0.05, 0.1) is 57.8 Å². The lowest BCUT2D eigenvalue weighted by Crippen LogP contribution is -2.41. The van der Waals surface area contributed by atoms with E-state index in [-0.39, 0.29) is 70.3 Å². The standard InChI is InChI=1S/C38H36Cl2N6O10S2/c39-31-11-9-29(57-31)35(49)42-18-28-20-46(38(52)56-28)26-7-3-24(4-8-26)44(36(50)30-10-12-32(40)58-30)14-16-53-21-33(47)41-17-27-19-45(37(51)55-27)25-5-1-23(2-6-25)43-13-15-54-22-34(43)48/h1-12,27-28H,13-22H2,(H,41,47)(H,42,49). The van der Waals surface area contributed by atoms with Crippen LogP contribution in [0, 0.1) is 0 Å². The quantitative estimate of drug-likeness (QED) is 0.154. The van der Waals surface area contributed by atoms with Gasteiger partial charge in [0.1, 0.15) is 25.4 Å². The van der Waals surface area contributed by atoms with Crippen molar-refractivity contribution in [2.45, 2.75) is 12.2 Å². The molecular formula is C38H36Cl2N6O10S2. The van der Waals surface area contributed by atoms with Crippen LogP contribution in [0.1, 0.15) is 19.3 Å². The van der Waals surface area contributed by atoms with Crippen molar-refractivity contribution in [2.75, 3.05) is 85.3 Å². The van der Waals surface area contributed by atoms with Crippen LogP contribution in [0.5, 0.6) is 0 Å². The van der Waals surface area contributed by atoms with E-state index in [0.29, 0.717) is 54.3 Å². The minimum absolute atomic E-state index is 0.00177. The molecule has 2 atom stereocenters. The molecule has 0 spiro atoms. The van der Waals surface area contributed by atoms with Gasteiger partial charge in [-0.05, 0) is 72.8 Å². The highest BCUT2D eigenvalue weighted by molar-refractivity contribution is 7.18. The topological polar surface area (TPSA) is 176 Å². The lowest BCUT2D eigenvalue weighted by Gasteiger charge is -2.27. The summed E-state index contributed by atoms with van der Waals surface area (Å²) in [7, 11) is 0. The van der Waals surface area contributed by atoms with Crippen molar-refractivity contribution in [3.63, 3.8) is 0 Å². The predicted octanol–water partition coefficient (Wildman–Crippen LogP) is 5.04. The molecule has 3 aliphatic heterocycles. The van der Waals surface area contributed by atoms with Gasteiger partial charge in [-0.2, -0.15) is 0 Å². The molecule has 0 aliphatic carbocycles. The predicted molar refractivity (Wildman–Crippen MR) is 218 cm³/mol. The van der Waals surface area contributed by atoms with Crippen LogP contribution >= 0.6 is 45.9 Å². The van der Waals surface area contributed by atoms with Crippen molar-refractivity contribution in [2.24, 2.45) is 0 Å². The van der Waals surface area contributed by atoms with Gasteiger partial charge in [0, 0.05) is 35.8 Å². The van der Waals surface area contributed by atoms with Crippen molar-refractivity contribution in [1.29, 1.82) is 0 Å². The molecule has 4 aromatic rings. The van der Waals surface area contributed by atoms with Gasteiger partial charge >= 0.3 is 12.2 Å². The van der Waals surface area contributed by atoms with Crippen LogP contribution in [0.4, 0.5) is 32.3 Å². The molecule has 2 unspecified atom stereocenters. The summed E-state index contributed by atoms with van der Waals surface area (Å²) in [5, 5.41) is 5.48. The number of amides is 6. The molecule has 2 aromatic carbocycles. The fraction of sp³-hybridized carbons (Fsp3) is 0.316. The molecule has 3 fully saturated rings. The Morgan fingerprint density at radius 2 is 1.29 bits per heavy atom.